The van der Waals surface area contributed by atoms with E-state index in [1.54, 1.807) is 0 Å². The van der Waals surface area contributed by atoms with E-state index >= 15 is 0 Å². The van der Waals surface area contributed by atoms with Gasteiger partial charge in [0.2, 0.25) is 0 Å². The molecule has 1 aliphatic heterocycles. The smallest absolute Gasteiger partial charge is 0.186 e. The maximum Gasteiger partial charge on any atom is 0.186 e. The van der Waals surface area contributed by atoms with Crippen LogP contribution in [-0.4, -0.2) is 59.7 Å². The van der Waals surface area contributed by atoms with E-state index in [0.717, 1.165) is 5.56 Å². The molecule has 0 unspecified atom stereocenters. The molecule has 1 fully saturated rings. The first-order valence-electron chi connectivity index (χ1n) is 6.48. The van der Waals surface area contributed by atoms with Crippen LogP contribution in [0.2, 0.25) is 0 Å². The van der Waals surface area contributed by atoms with Crippen molar-refractivity contribution in [2.75, 3.05) is 13.7 Å². The molecule has 0 bridgehead atoms. The summed E-state index contributed by atoms with van der Waals surface area (Å²) in [4.78, 5) is 0. The van der Waals surface area contributed by atoms with Crippen LogP contribution in [0, 0.1) is 0 Å². The van der Waals surface area contributed by atoms with E-state index in [4.69, 9.17) is 14.2 Å². The summed E-state index contributed by atoms with van der Waals surface area (Å²) in [6, 6.07) is 9.42. The van der Waals surface area contributed by atoms with Crippen LogP contribution < -0.4 is 0 Å². The molecule has 1 aromatic rings. The van der Waals surface area contributed by atoms with Gasteiger partial charge in [0.25, 0.3) is 0 Å². The van der Waals surface area contributed by atoms with Crippen molar-refractivity contribution in [3.05, 3.63) is 35.9 Å². The molecule has 6 heteroatoms. The second-order valence-electron chi connectivity index (χ2n) is 4.70. The summed E-state index contributed by atoms with van der Waals surface area (Å²) in [5, 5.41) is 29.3. The average molecular weight is 284 g/mol. The van der Waals surface area contributed by atoms with Crippen molar-refractivity contribution in [1.82, 2.24) is 0 Å². The molecule has 1 aromatic carbocycles. The van der Waals surface area contributed by atoms with Gasteiger partial charge in [0.15, 0.2) is 6.29 Å². The predicted octanol–water partition coefficient (Wildman–Crippen LogP) is -0.343. The summed E-state index contributed by atoms with van der Waals surface area (Å²) >= 11 is 0. The number of aliphatic hydroxyl groups excluding tert-OH is 3. The summed E-state index contributed by atoms with van der Waals surface area (Å²) in [7, 11) is 1.38. The summed E-state index contributed by atoms with van der Waals surface area (Å²) in [5.41, 5.74) is 0.924. The lowest BCUT2D eigenvalue weighted by molar-refractivity contribution is -0.303. The number of hydrogen-bond acceptors (Lipinski definition) is 6. The Morgan fingerprint density at radius 1 is 1.15 bits per heavy atom. The van der Waals surface area contributed by atoms with Crippen molar-refractivity contribution < 1.29 is 29.5 Å². The molecule has 0 aliphatic carbocycles. The highest BCUT2D eigenvalue weighted by Crippen LogP contribution is 2.24. The molecular weight excluding hydrogens is 264 g/mol. The van der Waals surface area contributed by atoms with Gasteiger partial charge in [-0.3, -0.25) is 0 Å². The second-order valence-corrected chi connectivity index (χ2v) is 4.70. The zero-order chi connectivity index (χ0) is 14.5. The molecule has 20 heavy (non-hydrogen) atoms. The lowest BCUT2D eigenvalue weighted by Gasteiger charge is -2.41. The molecule has 2 rings (SSSR count). The van der Waals surface area contributed by atoms with Crippen LogP contribution in [0.1, 0.15) is 5.56 Å². The van der Waals surface area contributed by atoms with Crippen molar-refractivity contribution in [1.29, 1.82) is 0 Å². The van der Waals surface area contributed by atoms with E-state index in [-0.39, 0.29) is 13.2 Å². The fourth-order valence-electron chi connectivity index (χ4n) is 2.21. The molecule has 0 aromatic heterocycles. The Bertz CT molecular complexity index is 382. The van der Waals surface area contributed by atoms with E-state index in [1.165, 1.54) is 7.11 Å². The third-order valence-corrected chi connectivity index (χ3v) is 3.34. The topological polar surface area (TPSA) is 88.4 Å². The first kappa shape index (κ1) is 15.4. The summed E-state index contributed by atoms with van der Waals surface area (Å²) in [6.07, 6.45) is -4.90. The Kier molecular flexibility index (Phi) is 5.47. The van der Waals surface area contributed by atoms with Crippen LogP contribution >= 0.6 is 0 Å². The van der Waals surface area contributed by atoms with Crippen LogP contribution in [0.25, 0.3) is 0 Å². The second kappa shape index (κ2) is 7.12. The third-order valence-electron chi connectivity index (χ3n) is 3.34. The molecule has 6 nitrogen and oxygen atoms in total. The lowest BCUT2D eigenvalue weighted by atomic mass is 9.99. The normalized spacial score (nSPS) is 34.1. The summed E-state index contributed by atoms with van der Waals surface area (Å²) in [5.74, 6) is 0. The minimum atomic E-state index is -1.12. The number of rotatable bonds is 5. The number of methoxy groups -OCH3 is 1. The van der Waals surface area contributed by atoms with Gasteiger partial charge in [0, 0.05) is 7.11 Å². The number of hydrogen-bond donors (Lipinski definition) is 3. The van der Waals surface area contributed by atoms with Crippen molar-refractivity contribution in [3.8, 4) is 0 Å². The van der Waals surface area contributed by atoms with Crippen molar-refractivity contribution in [2.24, 2.45) is 0 Å². The zero-order valence-corrected chi connectivity index (χ0v) is 11.3. The molecule has 0 spiro atoms. The van der Waals surface area contributed by atoms with Crippen LogP contribution in [-0.2, 0) is 20.8 Å². The zero-order valence-electron chi connectivity index (χ0n) is 11.3. The number of benzene rings is 1. The SMILES string of the molecule is CO[C@@H]1O[C@H](CO)[C@H](O)[C@@H](OCc2ccccc2)[C@H]1O. The van der Waals surface area contributed by atoms with Gasteiger partial charge in [-0.05, 0) is 5.56 Å². The third kappa shape index (κ3) is 3.35. The van der Waals surface area contributed by atoms with E-state index in [2.05, 4.69) is 0 Å². The Balaban J connectivity index is 2.02. The van der Waals surface area contributed by atoms with Crippen molar-refractivity contribution >= 4 is 0 Å². The maximum absolute atomic E-state index is 10.1. The van der Waals surface area contributed by atoms with Gasteiger partial charge in [0.05, 0.1) is 13.2 Å². The standard InChI is InChI=1S/C14H20O6/c1-18-14-12(17)13(11(16)10(7-15)20-14)19-8-9-5-3-2-4-6-9/h2-6,10-17H,7-8H2,1H3/t10-,11+,12-,13-,14-/m1/s1. The highest BCUT2D eigenvalue weighted by atomic mass is 16.7. The Labute approximate surface area is 117 Å². The van der Waals surface area contributed by atoms with Crippen molar-refractivity contribution in [3.63, 3.8) is 0 Å². The monoisotopic (exact) mass is 284 g/mol. The van der Waals surface area contributed by atoms with Gasteiger partial charge in [0.1, 0.15) is 24.4 Å². The predicted molar refractivity (Wildman–Crippen MR) is 69.8 cm³/mol. The van der Waals surface area contributed by atoms with Gasteiger partial charge in [-0.15, -0.1) is 0 Å². The van der Waals surface area contributed by atoms with E-state index < -0.39 is 30.7 Å². The minimum Gasteiger partial charge on any atom is -0.394 e. The van der Waals surface area contributed by atoms with E-state index in [9.17, 15) is 15.3 Å². The molecule has 0 amide bonds. The highest BCUT2D eigenvalue weighted by molar-refractivity contribution is 5.13. The fraction of sp³-hybridized carbons (Fsp3) is 0.571. The number of aliphatic hydroxyl groups is 3. The summed E-state index contributed by atoms with van der Waals surface area (Å²) < 4.78 is 15.8. The quantitative estimate of drug-likeness (QED) is 0.685. The molecule has 3 N–H and O–H groups in total. The lowest BCUT2D eigenvalue weighted by Crippen LogP contribution is -2.59. The molecule has 1 aliphatic rings. The Hall–Kier alpha value is -1.02. The highest BCUT2D eigenvalue weighted by Gasteiger charge is 2.45. The fourth-order valence-corrected chi connectivity index (χ4v) is 2.21. The molecule has 1 saturated heterocycles. The molecule has 0 radical (unpaired) electrons. The molecule has 112 valence electrons. The van der Waals surface area contributed by atoms with Crippen molar-refractivity contribution in [2.45, 2.75) is 37.3 Å². The van der Waals surface area contributed by atoms with E-state index in [0.29, 0.717) is 0 Å². The molecule has 1 heterocycles. The first-order valence-corrected chi connectivity index (χ1v) is 6.48. The Morgan fingerprint density at radius 3 is 2.45 bits per heavy atom. The first-order chi connectivity index (χ1) is 9.67. The van der Waals surface area contributed by atoms with Gasteiger partial charge < -0.3 is 29.5 Å². The van der Waals surface area contributed by atoms with Gasteiger partial charge >= 0.3 is 0 Å². The average Bonchev–Trinajstić information content (AvgIpc) is 2.48. The van der Waals surface area contributed by atoms with E-state index in [1.807, 2.05) is 30.3 Å². The van der Waals surface area contributed by atoms with Crippen LogP contribution in [0.15, 0.2) is 30.3 Å². The summed E-state index contributed by atoms with van der Waals surface area (Å²) in [6.45, 7) is -0.132. The van der Waals surface area contributed by atoms with Crippen LogP contribution in [0.5, 0.6) is 0 Å². The van der Waals surface area contributed by atoms with Gasteiger partial charge in [-0.2, -0.15) is 0 Å². The minimum absolute atomic E-state index is 0.244. The van der Waals surface area contributed by atoms with Gasteiger partial charge in [-0.1, -0.05) is 30.3 Å². The molecule has 5 atom stereocenters. The Morgan fingerprint density at radius 2 is 1.85 bits per heavy atom. The van der Waals surface area contributed by atoms with Crippen LogP contribution in [0.4, 0.5) is 0 Å². The maximum atomic E-state index is 10.1. The molecular formula is C14H20O6. The largest absolute Gasteiger partial charge is 0.394 e. The molecule has 0 saturated carbocycles. The van der Waals surface area contributed by atoms with Gasteiger partial charge in [-0.25, -0.2) is 0 Å². The van der Waals surface area contributed by atoms with Crippen LogP contribution in [0.3, 0.4) is 0 Å². The number of ether oxygens (including phenoxy) is 3.